The van der Waals surface area contributed by atoms with Crippen LogP contribution in [0.25, 0.3) is 0 Å². The van der Waals surface area contributed by atoms with Crippen LogP contribution in [0.3, 0.4) is 0 Å². The number of hydrogen-bond acceptors (Lipinski definition) is 17. The van der Waals surface area contributed by atoms with Crippen LogP contribution >= 0.6 is 0 Å². The molecule has 0 aliphatic carbocycles. The summed E-state index contributed by atoms with van der Waals surface area (Å²) >= 11 is 0. The molecule has 3 aliphatic heterocycles. The summed E-state index contributed by atoms with van der Waals surface area (Å²) in [5.74, 6) is -3.36. The Bertz CT molecular complexity index is 2760. The van der Waals surface area contributed by atoms with Crippen molar-refractivity contribution in [1.82, 2.24) is 5.06 Å². The second-order valence-corrected chi connectivity index (χ2v) is 21.9. The maximum absolute atomic E-state index is 12.4. The Morgan fingerprint density at radius 3 is 1.86 bits per heavy atom. The predicted octanol–water partition coefficient (Wildman–Crippen LogP) is -5.91. The summed E-state index contributed by atoms with van der Waals surface area (Å²) in [6, 6.07) is 7.66. The van der Waals surface area contributed by atoms with Gasteiger partial charge in [-0.1, -0.05) is 31.1 Å². The first-order chi connectivity index (χ1) is 29.1. The molecule has 3 aliphatic rings. The van der Waals surface area contributed by atoms with E-state index in [4.69, 9.17) is 4.84 Å². The molecule has 2 amide bonds. The van der Waals surface area contributed by atoms with Gasteiger partial charge >= 0.3 is 160 Å². The minimum absolute atomic E-state index is 0. The fourth-order valence-electron chi connectivity index (χ4n) is 8.13. The van der Waals surface area contributed by atoms with E-state index in [-0.39, 0.29) is 199 Å². The number of allylic oxidation sites excluding steroid dienone is 6. The Morgan fingerprint density at radius 1 is 0.727 bits per heavy atom. The molecule has 1 saturated heterocycles. The molecule has 5 rings (SSSR count). The molecule has 344 valence electrons. The smallest absolute Gasteiger partial charge is 0.748 e. The molecular weight excluding hydrogens is 1020 g/mol. The first kappa shape index (κ1) is 62.4. The van der Waals surface area contributed by atoms with Crippen molar-refractivity contribution in [2.45, 2.75) is 99.2 Å². The number of hydroxylamine groups is 2. The standard InChI is InChI=1S/C40H49N3O16S4.3K/c1-39(2)30-26-28(62(53,54)55)15-17-32(30)41(22-10-24-60(47,48)49)34(39)12-6-4-7-13-35-40(3,21-9-5-8-14-38(46)59-43-36(44)19-20-37(43)45)31-27-29(63(56,57)58)16-18-33(31)42(35)23-11-25-61(50,51)52;;;/h4,6-7,12-13,15-18,26-27H,5,8-11,14,19-25H2,1-3H3,(H3-,47,48,49,50,51,52,53,54,55,56,57,58);;;/q;3*+1/p-3. The van der Waals surface area contributed by atoms with Gasteiger partial charge in [0.2, 0.25) is 5.69 Å². The molecule has 2 aromatic rings. The van der Waals surface area contributed by atoms with Crippen molar-refractivity contribution in [2.24, 2.45) is 0 Å². The third-order valence-electron chi connectivity index (χ3n) is 11.2. The van der Waals surface area contributed by atoms with E-state index in [2.05, 4.69) is 0 Å². The molecule has 66 heavy (non-hydrogen) atoms. The molecule has 19 nitrogen and oxygen atoms in total. The minimum Gasteiger partial charge on any atom is -0.748 e. The van der Waals surface area contributed by atoms with Crippen LogP contribution in [-0.4, -0.2) is 110 Å². The Labute approximate surface area is 513 Å². The third kappa shape index (κ3) is 16.1. The van der Waals surface area contributed by atoms with E-state index < -0.39 is 90.4 Å². The Kier molecular flexibility index (Phi) is 23.9. The number of benzene rings is 2. The topological polar surface area (TPSA) is 299 Å². The number of fused-ring (bicyclic) bond motifs is 2. The number of hydrogen-bond donors (Lipinski definition) is 0. The van der Waals surface area contributed by atoms with Gasteiger partial charge < -0.3 is 27.9 Å². The summed E-state index contributed by atoms with van der Waals surface area (Å²) < 4.78 is 143. The van der Waals surface area contributed by atoms with E-state index in [9.17, 15) is 66.3 Å². The molecule has 0 spiro atoms. The Hall–Kier alpha value is 0.289. The number of imide groups is 1. The molecule has 2 aromatic carbocycles. The largest absolute Gasteiger partial charge is 1.00 e. The van der Waals surface area contributed by atoms with Crippen LogP contribution in [0.1, 0.15) is 89.7 Å². The van der Waals surface area contributed by atoms with Gasteiger partial charge in [-0.3, -0.25) is 9.59 Å². The van der Waals surface area contributed by atoms with Crippen molar-refractivity contribution in [2.75, 3.05) is 29.5 Å². The molecule has 1 unspecified atom stereocenters. The van der Waals surface area contributed by atoms with E-state index in [0.29, 0.717) is 64.7 Å². The van der Waals surface area contributed by atoms with Gasteiger partial charge in [-0.05, 0) is 82.0 Å². The molecular formula is C40H46K3N3O16S4. The number of unbranched alkanes of at least 4 members (excludes halogenated alkanes) is 2. The summed E-state index contributed by atoms with van der Waals surface area (Å²) in [4.78, 5) is 41.8. The van der Waals surface area contributed by atoms with Crippen molar-refractivity contribution >= 4 is 75.3 Å². The molecule has 0 saturated carbocycles. The summed E-state index contributed by atoms with van der Waals surface area (Å²) in [6.45, 7) is 5.41. The fraction of sp³-hybridized carbons (Fsp3) is 0.450. The summed E-state index contributed by atoms with van der Waals surface area (Å²) in [5.41, 5.74) is 1.04. The van der Waals surface area contributed by atoms with Crippen LogP contribution < -0.4 is 159 Å². The molecule has 0 radical (unpaired) electrons. The average Bonchev–Trinajstić information content (AvgIpc) is 3.68. The van der Waals surface area contributed by atoms with Gasteiger partial charge in [0.25, 0.3) is 11.8 Å². The number of rotatable bonds is 20. The summed E-state index contributed by atoms with van der Waals surface area (Å²) in [7, 11) is -18.9. The van der Waals surface area contributed by atoms with Crippen LogP contribution in [0.2, 0.25) is 0 Å². The van der Waals surface area contributed by atoms with E-state index in [1.165, 1.54) is 24.3 Å². The zero-order valence-corrected chi connectivity index (χ0v) is 50.2. The first-order valence-corrected chi connectivity index (χ1v) is 25.7. The number of anilines is 1. The SMILES string of the molecule is CC1(C)C(/C=C/C=C/C=C2\N(CCCS(=O)(=O)[O-])c3ccc(S(=O)(=O)[O-])cc3C2(C)CCCCCC(=O)ON2C(=O)CCC2=O)=[N+](CCCS(=O)(=O)[O-])c2ccc(S(=O)(=O)[O-])cc21.[K+].[K+].[K+]. The molecule has 0 bridgehead atoms. The monoisotopic (exact) mass is 1070 g/mol. The van der Waals surface area contributed by atoms with Crippen LogP contribution in [0.15, 0.2) is 82.3 Å². The normalized spacial score (nSPS) is 19.0. The zero-order chi connectivity index (χ0) is 46.8. The minimum atomic E-state index is -4.92. The predicted molar refractivity (Wildman–Crippen MR) is 221 cm³/mol. The maximum atomic E-state index is 12.4. The molecule has 3 heterocycles. The van der Waals surface area contributed by atoms with Gasteiger partial charge in [0.1, 0.15) is 26.8 Å². The second kappa shape index (κ2) is 25.3. The maximum Gasteiger partial charge on any atom is 1.00 e. The van der Waals surface area contributed by atoms with E-state index >= 15 is 0 Å². The molecule has 0 N–H and O–H groups in total. The van der Waals surface area contributed by atoms with Gasteiger partial charge in [0.05, 0.1) is 35.4 Å². The fourth-order valence-corrected chi connectivity index (χ4v) is 10.1. The second-order valence-electron chi connectivity index (χ2n) is 16.0. The number of nitrogens with zero attached hydrogens (tertiary/aromatic N) is 3. The van der Waals surface area contributed by atoms with Gasteiger partial charge in [0, 0.05) is 78.2 Å². The zero-order valence-electron chi connectivity index (χ0n) is 37.5. The number of amides is 2. The first-order valence-electron chi connectivity index (χ1n) is 19.8. The third-order valence-corrected chi connectivity index (χ3v) is 14.4. The van der Waals surface area contributed by atoms with Crippen molar-refractivity contribution in [3.8, 4) is 0 Å². The Morgan fingerprint density at radius 2 is 1.29 bits per heavy atom. The molecule has 1 fully saturated rings. The van der Waals surface area contributed by atoms with Crippen LogP contribution in [-0.2, 0) is 70.5 Å². The molecule has 26 heteroatoms. The van der Waals surface area contributed by atoms with Crippen LogP contribution in [0, 0.1) is 0 Å². The Balaban J connectivity index is 0.00000499. The summed E-state index contributed by atoms with van der Waals surface area (Å²) in [6.07, 6.45) is 9.35. The van der Waals surface area contributed by atoms with Gasteiger partial charge in [0.15, 0.2) is 5.71 Å². The van der Waals surface area contributed by atoms with Gasteiger partial charge in [-0.25, -0.2) is 38.5 Å². The van der Waals surface area contributed by atoms with Crippen molar-refractivity contribution in [3.05, 3.63) is 83.6 Å². The molecule has 0 aromatic heterocycles. The quantitative estimate of drug-likeness (QED) is 0.0298. The summed E-state index contributed by atoms with van der Waals surface area (Å²) in [5, 5.41) is 0.459. The van der Waals surface area contributed by atoms with Gasteiger partial charge in [-0.2, -0.15) is 4.58 Å². The number of carbonyl (C=O) groups excluding carboxylic acids is 3. The molecule has 1 atom stereocenters. The van der Waals surface area contributed by atoms with Crippen molar-refractivity contribution < 1.29 is 230 Å². The van der Waals surface area contributed by atoms with E-state index in [1.807, 2.05) is 0 Å². The van der Waals surface area contributed by atoms with Crippen LogP contribution in [0.5, 0.6) is 0 Å². The van der Waals surface area contributed by atoms with E-state index in [0.717, 1.165) is 12.1 Å². The average molecular weight is 1070 g/mol. The van der Waals surface area contributed by atoms with Crippen molar-refractivity contribution in [3.63, 3.8) is 0 Å². The van der Waals surface area contributed by atoms with Crippen molar-refractivity contribution in [1.29, 1.82) is 0 Å². The van der Waals surface area contributed by atoms with Crippen LogP contribution in [0.4, 0.5) is 11.4 Å². The van der Waals surface area contributed by atoms with Gasteiger partial charge in [-0.15, -0.1) is 5.06 Å². The van der Waals surface area contributed by atoms with E-state index in [1.54, 1.807) is 60.6 Å². The number of carbonyl (C=O) groups is 3.